The first-order valence-electron chi connectivity index (χ1n) is 6.42. The average molecular weight is 219 g/mol. The maximum Gasteiger partial charge on any atom is -0.0285 e. The molecule has 0 aromatic carbocycles. The van der Waals surface area contributed by atoms with E-state index in [9.17, 15) is 0 Å². The van der Waals surface area contributed by atoms with Gasteiger partial charge in [-0.15, -0.1) is 0 Å². The molecule has 1 radical (unpaired) electrons. The molecule has 0 nitrogen and oxygen atoms in total. The van der Waals surface area contributed by atoms with Gasteiger partial charge in [0.05, 0.1) is 0 Å². The van der Waals surface area contributed by atoms with Gasteiger partial charge in [-0.2, -0.15) is 0 Å². The summed E-state index contributed by atoms with van der Waals surface area (Å²) < 4.78 is 0. The molecule has 0 aromatic rings. The van der Waals surface area contributed by atoms with Crippen LogP contribution >= 0.6 is 0 Å². The van der Waals surface area contributed by atoms with Crippen LogP contribution in [-0.2, 0) is 0 Å². The van der Waals surface area contributed by atoms with Crippen molar-refractivity contribution in [3.8, 4) is 0 Å². The minimum absolute atomic E-state index is 0.832. The zero-order chi connectivity index (χ0) is 12.4. The lowest BCUT2D eigenvalue weighted by molar-refractivity contribution is 0.554. The van der Waals surface area contributed by atoms with E-state index in [1.54, 1.807) is 6.08 Å². The van der Waals surface area contributed by atoms with Gasteiger partial charge in [-0.05, 0) is 45.4 Å². The van der Waals surface area contributed by atoms with Gasteiger partial charge in [-0.3, -0.25) is 0 Å². The van der Waals surface area contributed by atoms with Gasteiger partial charge in [0.15, 0.2) is 0 Å². The molecule has 0 unspecified atom stereocenters. The van der Waals surface area contributed by atoms with Crippen molar-refractivity contribution in [1.29, 1.82) is 0 Å². The summed E-state index contributed by atoms with van der Waals surface area (Å²) in [4.78, 5) is 0. The lowest BCUT2D eigenvalue weighted by Crippen LogP contribution is -1.87. The summed E-state index contributed by atoms with van der Waals surface area (Å²) in [6.45, 7) is 14.3. The Morgan fingerprint density at radius 2 is 1.81 bits per heavy atom. The number of hydrogen-bond donors (Lipinski definition) is 0. The standard InChI is InChI=1S/C16H27/c1-6-9-15(4)12-8-13-16(5)11-7-10-14(2)3/h1,6,9,13-14H,7-8,10-12H2,2-5H3/b6-1?,15-9+,16-13+. The SMILES string of the molecule is [CH]=C/C=C(\C)CC/C=C(\C)CCCC(C)C. The molecule has 0 bridgehead atoms. The van der Waals surface area contributed by atoms with Crippen molar-refractivity contribution in [3.63, 3.8) is 0 Å². The van der Waals surface area contributed by atoms with Gasteiger partial charge in [-0.1, -0.05) is 56.2 Å². The molecule has 0 spiro atoms. The quantitative estimate of drug-likeness (QED) is 0.375. The lowest BCUT2D eigenvalue weighted by atomic mass is 10.0. The van der Waals surface area contributed by atoms with E-state index in [4.69, 9.17) is 6.58 Å². The fourth-order valence-electron chi connectivity index (χ4n) is 1.69. The third kappa shape index (κ3) is 9.76. The van der Waals surface area contributed by atoms with Crippen molar-refractivity contribution in [2.24, 2.45) is 5.92 Å². The molecular formula is C16H27. The Kier molecular flexibility index (Phi) is 8.99. The predicted molar refractivity (Wildman–Crippen MR) is 74.3 cm³/mol. The highest BCUT2D eigenvalue weighted by atomic mass is 14.0. The summed E-state index contributed by atoms with van der Waals surface area (Å²) in [5.74, 6) is 0.832. The molecule has 0 amide bonds. The van der Waals surface area contributed by atoms with Crippen LogP contribution in [0.2, 0.25) is 0 Å². The fraction of sp³-hybridized carbons (Fsp3) is 0.625. The summed E-state index contributed by atoms with van der Waals surface area (Å²) in [5.41, 5.74) is 2.89. The first kappa shape index (κ1) is 15.2. The summed E-state index contributed by atoms with van der Waals surface area (Å²) in [6.07, 6.45) is 12.2. The van der Waals surface area contributed by atoms with Crippen LogP contribution in [0.15, 0.2) is 29.4 Å². The second kappa shape index (κ2) is 9.45. The molecule has 0 saturated carbocycles. The number of allylic oxidation sites excluding steroid dienone is 5. The highest BCUT2D eigenvalue weighted by Crippen LogP contribution is 2.13. The molecule has 0 aliphatic rings. The van der Waals surface area contributed by atoms with Crippen LogP contribution in [0, 0.1) is 12.5 Å². The molecule has 91 valence electrons. The van der Waals surface area contributed by atoms with E-state index >= 15 is 0 Å². The lowest BCUT2D eigenvalue weighted by Gasteiger charge is -2.05. The smallest absolute Gasteiger partial charge is 0.0285 e. The first-order valence-corrected chi connectivity index (χ1v) is 6.42. The topological polar surface area (TPSA) is 0 Å². The second-order valence-electron chi connectivity index (χ2n) is 5.08. The van der Waals surface area contributed by atoms with Crippen molar-refractivity contribution in [3.05, 3.63) is 36.0 Å². The molecule has 16 heavy (non-hydrogen) atoms. The molecule has 0 rings (SSSR count). The summed E-state index contributed by atoms with van der Waals surface area (Å²) in [7, 11) is 0. The van der Waals surface area contributed by atoms with E-state index in [0.29, 0.717) is 0 Å². The highest BCUT2D eigenvalue weighted by molar-refractivity contribution is 5.08. The normalized spacial score (nSPS) is 13.3. The van der Waals surface area contributed by atoms with E-state index < -0.39 is 0 Å². The second-order valence-corrected chi connectivity index (χ2v) is 5.08. The van der Waals surface area contributed by atoms with E-state index in [1.807, 2.05) is 6.08 Å². The van der Waals surface area contributed by atoms with E-state index in [1.165, 1.54) is 30.4 Å². The van der Waals surface area contributed by atoms with Gasteiger partial charge in [0.1, 0.15) is 0 Å². The van der Waals surface area contributed by atoms with Crippen molar-refractivity contribution >= 4 is 0 Å². The first-order chi connectivity index (χ1) is 7.56. The summed E-state index contributed by atoms with van der Waals surface area (Å²) in [5, 5.41) is 0. The predicted octanol–water partition coefficient (Wildman–Crippen LogP) is 5.47. The number of rotatable bonds is 8. The zero-order valence-corrected chi connectivity index (χ0v) is 11.4. The van der Waals surface area contributed by atoms with E-state index in [2.05, 4.69) is 33.8 Å². The zero-order valence-electron chi connectivity index (χ0n) is 11.4. The van der Waals surface area contributed by atoms with Crippen molar-refractivity contribution < 1.29 is 0 Å². The molecule has 0 aromatic heterocycles. The molecule has 0 fully saturated rings. The Morgan fingerprint density at radius 3 is 2.38 bits per heavy atom. The van der Waals surface area contributed by atoms with Crippen LogP contribution in [0.1, 0.15) is 59.8 Å². The molecular weight excluding hydrogens is 192 g/mol. The average Bonchev–Trinajstić information content (AvgIpc) is 2.17. The maximum absolute atomic E-state index is 5.34. The molecule has 0 heteroatoms. The summed E-state index contributed by atoms with van der Waals surface area (Å²) in [6, 6.07) is 0. The monoisotopic (exact) mass is 219 g/mol. The van der Waals surface area contributed by atoms with Crippen LogP contribution < -0.4 is 0 Å². The third-order valence-corrected chi connectivity index (χ3v) is 2.76. The van der Waals surface area contributed by atoms with Crippen LogP contribution in [0.25, 0.3) is 0 Å². The minimum Gasteiger partial charge on any atom is -0.0853 e. The van der Waals surface area contributed by atoms with Gasteiger partial charge < -0.3 is 0 Å². The van der Waals surface area contributed by atoms with Gasteiger partial charge in [-0.25, -0.2) is 0 Å². The van der Waals surface area contributed by atoms with Crippen molar-refractivity contribution in [2.75, 3.05) is 0 Å². The van der Waals surface area contributed by atoms with Crippen molar-refractivity contribution in [2.45, 2.75) is 59.8 Å². The Hall–Kier alpha value is -0.780. The van der Waals surface area contributed by atoms with Gasteiger partial charge in [0, 0.05) is 0 Å². The fourth-order valence-corrected chi connectivity index (χ4v) is 1.69. The van der Waals surface area contributed by atoms with Gasteiger partial charge in [0.2, 0.25) is 0 Å². The molecule has 0 saturated heterocycles. The molecule has 0 aliphatic carbocycles. The Labute approximate surface area is 102 Å². The number of hydrogen-bond acceptors (Lipinski definition) is 0. The minimum atomic E-state index is 0.832. The van der Waals surface area contributed by atoms with E-state index in [-0.39, 0.29) is 0 Å². The third-order valence-electron chi connectivity index (χ3n) is 2.76. The van der Waals surface area contributed by atoms with Gasteiger partial charge in [0.25, 0.3) is 0 Å². The van der Waals surface area contributed by atoms with E-state index in [0.717, 1.165) is 18.8 Å². The molecule has 0 N–H and O–H groups in total. The van der Waals surface area contributed by atoms with Crippen LogP contribution in [0.5, 0.6) is 0 Å². The Balaban J connectivity index is 3.70. The highest BCUT2D eigenvalue weighted by Gasteiger charge is 1.95. The Bertz CT molecular complexity index is 241. The summed E-state index contributed by atoms with van der Waals surface area (Å²) >= 11 is 0. The molecule has 0 aliphatic heterocycles. The van der Waals surface area contributed by atoms with Crippen molar-refractivity contribution in [1.82, 2.24) is 0 Å². The molecule has 0 atom stereocenters. The van der Waals surface area contributed by atoms with Crippen LogP contribution in [-0.4, -0.2) is 0 Å². The molecule has 0 heterocycles. The van der Waals surface area contributed by atoms with Gasteiger partial charge >= 0.3 is 0 Å². The van der Waals surface area contributed by atoms with Crippen LogP contribution in [0.3, 0.4) is 0 Å². The largest absolute Gasteiger partial charge is 0.0853 e. The maximum atomic E-state index is 5.34. The Morgan fingerprint density at radius 1 is 1.12 bits per heavy atom. The van der Waals surface area contributed by atoms with Crippen LogP contribution in [0.4, 0.5) is 0 Å².